The molecular weight excluding hydrogens is 233 g/mol. The van der Waals surface area contributed by atoms with Crippen LogP contribution in [0, 0.1) is 25.1 Å². The molecule has 1 rings (SSSR count). The van der Waals surface area contributed by atoms with E-state index in [9.17, 15) is 9.18 Å². The van der Waals surface area contributed by atoms with Crippen LogP contribution in [-0.4, -0.2) is 17.6 Å². The van der Waals surface area contributed by atoms with Crippen molar-refractivity contribution in [1.82, 2.24) is 5.32 Å². The van der Waals surface area contributed by atoms with Gasteiger partial charge in [0.25, 0.3) is 0 Å². The Morgan fingerprint density at radius 1 is 1.33 bits per heavy atom. The molecular formula is C14H20FNO2. The van der Waals surface area contributed by atoms with Crippen molar-refractivity contribution in [3.05, 3.63) is 34.6 Å². The van der Waals surface area contributed by atoms with Crippen LogP contribution < -0.4 is 5.32 Å². The Morgan fingerprint density at radius 3 is 2.28 bits per heavy atom. The second-order valence-electron chi connectivity index (χ2n) is 5.34. The minimum Gasteiger partial charge on any atom is -0.481 e. The molecule has 1 aromatic carbocycles. The summed E-state index contributed by atoms with van der Waals surface area (Å²) in [5, 5.41) is 12.1. The van der Waals surface area contributed by atoms with Crippen molar-refractivity contribution in [2.75, 3.05) is 6.54 Å². The first-order valence-corrected chi connectivity index (χ1v) is 5.94. The van der Waals surface area contributed by atoms with E-state index in [0.29, 0.717) is 24.2 Å². The van der Waals surface area contributed by atoms with E-state index < -0.39 is 11.4 Å². The number of hydrogen-bond acceptors (Lipinski definition) is 2. The van der Waals surface area contributed by atoms with Crippen molar-refractivity contribution in [3.8, 4) is 0 Å². The lowest BCUT2D eigenvalue weighted by Gasteiger charge is -2.19. The predicted octanol–water partition coefficient (Wildman–Crippen LogP) is 2.64. The van der Waals surface area contributed by atoms with E-state index in [4.69, 9.17) is 5.11 Å². The van der Waals surface area contributed by atoms with Crippen LogP contribution in [0.1, 0.15) is 30.5 Å². The fourth-order valence-electron chi connectivity index (χ4n) is 1.73. The monoisotopic (exact) mass is 253 g/mol. The standard InChI is InChI=1S/C14H20FNO2/c1-9-5-11(6-10(2)12(9)15)7-16-8-14(3,4)13(17)18/h5-6,16H,7-8H2,1-4H3,(H,17,18). The third kappa shape index (κ3) is 3.53. The maximum atomic E-state index is 13.4. The highest BCUT2D eigenvalue weighted by molar-refractivity contribution is 5.73. The first kappa shape index (κ1) is 14.6. The Morgan fingerprint density at radius 2 is 1.83 bits per heavy atom. The number of hydrogen-bond donors (Lipinski definition) is 2. The van der Waals surface area contributed by atoms with Crippen molar-refractivity contribution in [2.45, 2.75) is 34.2 Å². The molecule has 0 atom stereocenters. The SMILES string of the molecule is Cc1cc(CNCC(C)(C)C(=O)O)cc(C)c1F. The van der Waals surface area contributed by atoms with Gasteiger partial charge >= 0.3 is 5.97 Å². The van der Waals surface area contributed by atoms with Gasteiger partial charge in [-0.1, -0.05) is 12.1 Å². The van der Waals surface area contributed by atoms with Crippen molar-refractivity contribution in [1.29, 1.82) is 0 Å². The van der Waals surface area contributed by atoms with E-state index in [0.717, 1.165) is 5.56 Å². The molecule has 3 nitrogen and oxygen atoms in total. The first-order valence-electron chi connectivity index (χ1n) is 5.94. The summed E-state index contributed by atoms with van der Waals surface area (Å²) in [6.45, 7) is 7.71. The van der Waals surface area contributed by atoms with Crippen LogP contribution in [-0.2, 0) is 11.3 Å². The molecule has 0 amide bonds. The molecule has 0 unspecified atom stereocenters. The minimum absolute atomic E-state index is 0.176. The van der Waals surface area contributed by atoms with Gasteiger partial charge in [0, 0.05) is 13.1 Å². The van der Waals surface area contributed by atoms with Gasteiger partial charge in [-0.15, -0.1) is 0 Å². The normalized spacial score (nSPS) is 11.6. The van der Waals surface area contributed by atoms with E-state index >= 15 is 0 Å². The Kier molecular flexibility index (Phi) is 4.46. The van der Waals surface area contributed by atoms with Crippen molar-refractivity contribution in [2.24, 2.45) is 5.41 Å². The second kappa shape index (κ2) is 5.48. The zero-order valence-corrected chi connectivity index (χ0v) is 11.3. The Balaban J connectivity index is 2.63. The molecule has 2 N–H and O–H groups in total. The van der Waals surface area contributed by atoms with Crippen LogP contribution in [0.2, 0.25) is 0 Å². The first-order chi connectivity index (χ1) is 8.24. The lowest BCUT2D eigenvalue weighted by Crippen LogP contribution is -2.35. The average Bonchev–Trinajstić information content (AvgIpc) is 2.25. The van der Waals surface area contributed by atoms with Crippen molar-refractivity contribution >= 4 is 5.97 Å². The van der Waals surface area contributed by atoms with E-state index in [1.807, 2.05) is 0 Å². The predicted molar refractivity (Wildman–Crippen MR) is 69.0 cm³/mol. The smallest absolute Gasteiger partial charge is 0.310 e. The molecule has 4 heteroatoms. The molecule has 0 bridgehead atoms. The number of carboxylic acids is 1. The van der Waals surface area contributed by atoms with Gasteiger partial charge in [0.15, 0.2) is 0 Å². The number of nitrogens with one attached hydrogen (secondary N) is 1. The van der Waals surface area contributed by atoms with Crippen LogP contribution in [0.4, 0.5) is 4.39 Å². The molecule has 0 fully saturated rings. The summed E-state index contributed by atoms with van der Waals surface area (Å²) in [6.07, 6.45) is 0. The zero-order valence-electron chi connectivity index (χ0n) is 11.3. The van der Waals surface area contributed by atoms with Gasteiger partial charge in [-0.3, -0.25) is 4.79 Å². The number of aliphatic carboxylic acids is 1. The molecule has 18 heavy (non-hydrogen) atoms. The molecule has 0 aliphatic heterocycles. The highest BCUT2D eigenvalue weighted by atomic mass is 19.1. The van der Waals surface area contributed by atoms with Gasteiger partial charge in [0.1, 0.15) is 5.82 Å². The number of carboxylic acid groups (broad SMARTS) is 1. The molecule has 1 aromatic rings. The van der Waals surface area contributed by atoms with E-state index in [1.54, 1.807) is 39.8 Å². The molecule has 0 aliphatic carbocycles. The fourth-order valence-corrected chi connectivity index (χ4v) is 1.73. The van der Waals surface area contributed by atoms with Crippen molar-refractivity contribution in [3.63, 3.8) is 0 Å². The number of halogens is 1. The van der Waals surface area contributed by atoms with Crippen LogP contribution in [0.15, 0.2) is 12.1 Å². The van der Waals surface area contributed by atoms with Crippen LogP contribution in [0.25, 0.3) is 0 Å². The molecule has 0 radical (unpaired) electrons. The summed E-state index contributed by atoms with van der Waals surface area (Å²) in [4.78, 5) is 10.9. The molecule has 0 saturated heterocycles. The lowest BCUT2D eigenvalue weighted by molar-refractivity contribution is -0.146. The molecule has 0 saturated carbocycles. The largest absolute Gasteiger partial charge is 0.481 e. The quantitative estimate of drug-likeness (QED) is 0.848. The van der Waals surface area contributed by atoms with Crippen LogP contribution in [0.3, 0.4) is 0 Å². The second-order valence-corrected chi connectivity index (χ2v) is 5.34. The van der Waals surface area contributed by atoms with E-state index in [-0.39, 0.29) is 5.82 Å². The highest BCUT2D eigenvalue weighted by Gasteiger charge is 2.26. The van der Waals surface area contributed by atoms with Crippen LogP contribution >= 0.6 is 0 Å². The lowest BCUT2D eigenvalue weighted by atomic mass is 9.94. The third-order valence-corrected chi connectivity index (χ3v) is 2.97. The van der Waals surface area contributed by atoms with Gasteiger partial charge in [0.2, 0.25) is 0 Å². The number of rotatable bonds is 5. The van der Waals surface area contributed by atoms with Crippen LogP contribution in [0.5, 0.6) is 0 Å². The van der Waals surface area contributed by atoms with E-state index in [2.05, 4.69) is 5.32 Å². The molecule has 0 aliphatic rings. The fraction of sp³-hybridized carbons (Fsp3) is 0.500. The Bertz CT molecular complexity index is 432. The van der Waals surface area contributed by atoms with Gasteiger partial charge in [0.05, 0.1) is 5.41 Å². The highest BCUT2D eigenvalue weighted by Crippen LogP contribution is 2.16. The third-order valence-electron chi connectivity index (χ3n) is 2.97. The Hall–Kier alpha value is -1.42. The molecule has 0 heterocycles. The number of aryl methyl sites for hydroxylation is 2. The van der Waals surface area contributed by atoms with Gasteiger partial charge in [-0.25, -0.2) is 4.39 Å². The van der Waals surface area contributed by atoms with Gasteiger partial charge in [-0.05, 0) is 44.4 Å². The number of benzene rings is 1. The maximum Gasteiger partial charge on any atom is 0.310 e. The maximum absolute atomic E-state index is 13.4. The van der Waals surface area contributed by atoms with Gasteiger partial charge in [-0.2, -0.15) is 0 Å². The van der Waals surface area contributed by atoms with Crippen molar-refractivity contribution < 1.29 is 14.3 Å². The van der Waals surface area contributed by atoms with E-state index in [1.165, 1.54) is 0 Å². The Labute approximate surface area is 107 Å². The van der Waals surface area contributed by atoms with Gasteiger partial charge < -0.3 is 10.4 Å². The summed E-state index contributed by atoms with van der Waals surface area (Å²) < 4.78 is 13.4. The summed E-state index contributed by atoms with van der Waals surface area (Å²) in [5.74, 6) is -1.01. The summed E-state index contributed by atoms with van der Waals surface area (Å²) in [7, 11) is 0. The summed E-state index contributed by atoms with van der Waals surface area (Å²) in [5.41, 5.74) is 1.39. The summed E-state index contributed by atoms with van der Waals surface area (Å²) >= 11 is 0. The average molecular weight is 253 g/mol. The zero-order chi connectivity index (χ0) is 13.9. The minimum atomic E-state index is -0.832. The topological polar surface area (TPSA) is 49.3 Å². The molecule has 0 aromatic heterocycles. The molecule has 100 valence electrons. The molecule has 0 spiro atoms. The summed E-state index contributed by atoms with van der Waals surface area (Å²) in [6, 6.07) is 3.56. The number of carbonyl (C=O) groups is 1.